The minimum atomic E-state index is 0.279. The van der Waals surface area contributed by atoms with E-state index in [1.54, 1.807) is 6.08 Å². The second-order valence-electron chi connectivity index (χ2n) is 3.65. The van der Waals surface area contributed by atoms with E-state index in [2.05, 4.69) is 5.32 Å². The van der Waals surface area contributed by atoms with Crippen molar-refractivity contribution in [3.05, 3.63) is 11.6 Å². The van der Waals surface area contributed by atoms with Crippen LogP contribution < -0.4 is 5.32 Å². The highest BCUT2D eigenvalue weighted by molar-refractivity contribution is 5.92. The van der Waals surface area contributed by atoms with Gasteiger partial charge in [0, 0.05) is 5.92 Å². The van der Waals surface area contributed by atoms with E-state index in [1.165, 1.54) is 0 Å². The minimum absolute atomic E-state index is 0.279. The molecule has 0 saturated carbocycles. The Morgan fingerprint density at radius 2 is 1.92 bits per heavy atom. The normalized spacial score (nSPS) is 18.8. The Morgan fingerprint density at radius 1 is 1.33 bits per heavy atom. The van der Waals surface area contributed by atoms with E-state index in [1.807, 2.05) is 13.8 Å². The van der Waals surface area contributed by atoms with Crippen LogP contribution >= 0.6 is 0 Å². The van der Waals surface area contributed by atoms with Crippen LogP contribution in [-0.2, 0) is 4.79 Å². The summed E-state index contributed by atoms with van der Waals surface area (Å²) in [7, 11) is 0. The average Bonchev–Trinajstić information content (AvgIpc) is 2.05. The number of ketones is 1. The highest BCUT2D eigenvalue weighted by Gasteiger charge is 2.18. The molecule has 1 heterocycles. The van der Waals surface area contributed by atoms with Gasteiger partial charge in [-0.25, -0.2) is 0 Å². The Morgan fingerprint density at radius 3 is 2.42 bits per heavy atom. The third kappa shape index (κ3) is 2.78. The summed E-state index contributed by atoms with van der Waals surface area (Å²) >= 11 is 0. The van der Waals surface area contributed by atoms with Crippen LogP contribution in [0.4, 0.5) is 0 Å². The SMILES string of the molecule is CC(C)=CC(=O)C1CCNCC1. The van der Waals surface area contributed by atoms with Crippen molar-refractivity contribution < 1.29 is 4.79 Å². The molecule has 1 aliphatic rings. The van der Waals surface area contributed by atoms with Gasteiger partial charge in [-0.05, 0) is 45.9 Å². The van der Waals surface area contributed by atoms with E-state index in [0.717, 1.165) is 31.5 Å². The molecular formula is C10H17NO. The summed E-state index contributed by atoms with van der Waals surface area (Å²) in [6, 6.07) is 0. The first-order valence-corrected chi connectivity index (χ1v) is 4.59. The van der Waals surface area contributed by atoms with E-state index >= 15 is 0 Å². The van der Waals surface area contributed by atoms with Crippen molar-refractivity contribution in [1.29, 1.82) is 0 Å². The summed E-state index contributed by atoms with van der Waals surface area (Å²) in [5, 5.41) is 3.25. The molecule has 0 bridgehead atoms. The predicted molar refractivity (Wildman–Crippen MR) is 50.0 cm³/mol. The van der Waals surface area contributed by atoms with Gasteiger partial charge in [-0.15, -0.1) is 0 Å². The third-order valence-electron chi connectivity index (χ3n) is 2.17. The molecule has 12 heavy (non-hydrogen) atoms. The summed E-state index contributed by atoms with van der Waals surface area (Å²) in [5.74, 6) is 0.595. The van der Waals surface area contributed by atoms with E-state index in [9.17, 15) is 4.79 Å². The van der Waals surface area contributed by atoms with Crippen LogP contribution in [0, 0.1) is 5.92 Å². The maximum absolute atomic E-state index is 11.5. The van der Waals surface area contributed by atoms with Gasteiger partial charge in [0.05, 0.1) is 0 Å². The van der Waals surface area contributed by atoms with Crippen LogP contribution in [0.2, 0.25) is 0 Å². The Balaban J connectivity index is 2.45. The Hall–Kier alpha value is -0.630. The van der Waals surface area contributed by atoms with Crippen LogP contribution in [0.25, 0.3) is 0 Å². The van der Waals surface area contributed by atoms with Crippen molar-refractivity contribution >= 4 is 5.78 Å². The quantitative estimate of drug-likeness (QED) is 0.632. The minimum Gasteiger partial charge on any atom is -0.317 e. The molecule has 0 unspecified atom stereocenters. The van der Waals surface area contributed by atoms with Crippen molar-refractivity contribution in [1.82, 2.24) is 5.32 Å². The van der Waals surface area contributed by atoms with E-state index in [4.69, 9.17) is 0 Å². The first-order valence-electron chi connectivity index (χ1n) is 4.59. The zero-order valence-electron chi connectivity index (χ0n) is 7.89. The molecule has 2 heteroatoms. The number of hydrogen-bond acceptors (Lipinski definition) is 2. The van der Waals surface area contributed by atoms with E-state index in [-0.39, 0.29) is 5.92 Å². The first-order chi connectivity index (χ1) is 5.70. The van der Waals surface area contributed by atoms with Crippen molar-refractivity contribution in [2.24, 2.45) is 5.92 Å². The number of carbonyl (C=O) groups excluding carboxylic acids is 1. The van der Waals surface area contributed by atoms with Crippen molar-refractivity contribution in [3.63, 3.8) is 0 Å². The van der Waals surface area contributed by atoms with Crippen LogP contribution in [-0.4, -0.2) is 18.9 Å². The maximum Gasteiger partial charge on any atom is 0.158 e. The largest absolute Gasteiger partial charge is 0.317 e. The molecule has 0 aromatic carbocycles. The van der Waals surface area contributed by atoms with Gasteiger partial charge < -0.3 is 5.32 Å². The zero-order valence-corrected chi connectivity index (χ0v) is 7.89. The molecule has 0 atom stereocenters. The van der Waals surface area contributed by atoms with E-state index < -0.39 is 0 Å². The summed E-state index contributed by atoms with van der Waals surface area (Å²) in [6.07, 6.45) is 3.78. The second-order valence-corrected chi connectivity index (χ2v) is 3.65. The number of piperidine rings is 1. The van der Waals surface area contributed by atoms with Gasteiger partial charge in [-0.2, -0.15) is 0 Å². The average molecular weight is 167 g/mol. The fourth-order valence-corrected chi connectivity index (χ4v) is 1.51. The molecule has 1 N–H and O–H groups in total. The van der Waals surface area contributed by atoms with E-state index in [0.29, 0.717) is 5.78 Å². The molecule has 0 amide bonds. The van der Waals surface area contributed by atoms with Gasteiger partial charge in [-0.1, -0.05) is 5.57 Å². The molecule has 2 nitrogen and oxygen atoms in total. The number of rotatable bonds is 2. The van der Waals surface area contributed by atoms with Gasteiger partial charge in [-0.3, -0.25) is 4.79 Å². The third-order valence-corrected chi connectivity index (χ3v) is 2.17. The number of carbonyl (C=O) groups is 1. The molecule has 1 fully saturated rings. The molecule has 1 saturated heterocycles. The van der Waals surface area contributed by atoms with Crippen molar-refractivity contribution in [2.75, 3.05) is 13.1 Å². The molecule has 0 radical (unpaired) electrons. The molecule has 0 aliphatic carbocycles. The summed E-state index contributed by atoms with van der Waals surface area (Å²) in [6.45, 7) is 5.93. The lowest BCUT2D eigenvalue weighted by Crippen LogP contribution is -2.31. The Labute approximate surface area is 74.0 Å². The highest BCUT2D eigenvalue weighted by Crippen LogP contribution is 2.13. The summed E-state index contributed by atoms with van der Waals surface area (Å²) in [4.78, 5) is 11.5. The number of nitrogens with one attached hydrogen (secondary N) is 1. The van der Waals surface area contributed by atoms with Crippen molar-refractivity contribution in [2.45, 2.75) is 26.7 Å². The monoisotopic (exact) mass is 167 g/mol. The van der Waals surface area contributed by atoms with Gasteiger partial charge in [0.1, 0.15) is 0 Å². The lowest BCUT2D eigenvalue weighted by Gasteiger charge is -2.20. The van der Waals surface area contributed by atoms with Crippen LogP contribution in [0.3, 0.4) is 0 Å². The smallest absolute Gasteiger partial charge is 0.158 e. The van der Waals surface area contributed by atoms with Crippen LogP contribution in [0.15, 0.2) is 11.6 Å². The van der Waals surface area contributed by atoms with Crippen LogP contribution in [0.5, 0.6) is 0 Å². The molecule has 0 aromatic rings. The summed E-state index contributed by atoms with van der Waals surface area (Å²) < 4.78 is 0. The predicted octanol–water partition coefficient (Wildman–Crippen LogP) is 1.52. The maximum atomic E-state index is 11.5. The second kappa shape index (κ2) is 4.41. The van der Waals surface area contributed by atoms with Gasteiger partial charge in [0.15, 0.2) is 5.78 Å². The highest BCUT2D eigenvalue weighted by atomic mass is 16.1. The first kappa shape index (κ1) is 9.46. The molecule has 0 spiro atoms. The topological polar surface area (TPSA) is 29.1 Å². The standard InChI is InChI=1S/C10H17NO/c1-8(2)7-10(12)9-3-5-11-6-4-9/h7,9,11H,3-6H2,1-2H3. The molecule has 0 aromatic heterocycles. The van der Waals surface area contributed by atoms with Gasteiger partial charge in [0.2, 0.25) is 0 Å². The number of allylic oxidation sites excluding steroid dienone is 2. The molecule has 1 rings (SSSR count). The summed E-state index contributed by atoms with van der Waals surface area (Å²) in [5.41, 5.74) is 1.11. The number of hydrogen-bond donors (Lipinski definition) is 1. The van der Waals surface area contributed by atoms with Gasteiger partial charge >= 0.3 is 0 Å². The molecule has 68 valence electrons. The Bertz CT molecular complexity index is 186. The zero-order chi connectivity index (χ0) is 8.97. The lowest BCUT2D eigenvalue weighted by molar-refractivity contribution is -0.118. The van der Waals surface area contributed by atoms with Crippen molar-refractivity contribution in [3.8, 4) is 0 Å². The fourth-order valence-electron chi connectivity index (χ4n) is 1.51. The molecule has 1 aliphatic heterocycles. The lowest BCUT2D eigenvalue weighted by atomic mass is 9.93. The van der Waals surface area contributed by atoms with Crippen LogP contribution in [0.1, 0.15) is 26.7 Å². The Kier molecular flexibility index (Phi) is 3.48. The molecular weight excluding hydrogens is 150 g/mol. The fraction of sp³-hybridized carbons (Fsp3) is 0.700. The van der Waals surface area contributed by atoms with Gasteiger partial charge in [0.25, 0.3) is 0 Å².